The molecule has 2 aliphatic heterocycles. The minimum atomic E-state index is -0.396. The van der Waals surface area contributed by atoms with Crippen molar-refractivity contribution in [2.24, 2.45) is 0 Å². The van der Waals surface area contributed by atoms with Crippen LogP contribution in [-0.2, 0) is 5.41 Å². The zero-order chi connectivity index (χ0) is 35.8. The molecule has 0 amide bonds. The van der Waals surface area contributed by atoms with E-state index in [1.165, 1.54) is 104 Å². The molecule has 55 heavy (non-hydrogen) atoms. The summed E-state index contributed by atoms with van der Waals surface area (Å²) in [6.45, 7) is 0.0961. The molecule has 0 bridgehead atoms. The lowest BCUT2D eigenvalue weighted by Gasteiger charge is -2.43. The second-order valence-corrected chi connectivity index (χ2v) is 16.2. The Balaban J connectivity index is 1.15. The number of para-hydroxylation sites is 3. The quantitative estimate of drug-likeness (QED) is 0.165. The molecule has 8 aromatic carbocycles. The maximum Gasteiger partial charge on any atom is 0.264 e. The van der Waals surface area contributed by atoms with Crippen molar-refractivity contribution in [3.8, 4) is 22.3 Å². The smallest absolute Gasteiger partial charge is 0.264 e. The molecule has 3 heterocycles. The molecule has 0 atom stereocenters. The van der Waals surface area contributed by atoms with Crippen LogP contribution >= 0.6 is 11.3 Å². The largest absolute Gasteiger partial charge is 0.311 e. The fourth-order valence-corrected chi connectivity index (χ4v) is 12.0. The Hall–Kier alpha value is -6.62. The summed E-state index contributed by atoms with van der Waals surface area (Å²) in [6.07, 6.45) is 0. The SMILES string of the molecule is c1ccc(N2c3ccccc3B3c4sc5cc6c(cc5c4N(c4ccccc4)c4cccc2c43)C2(c3ccccc3-c3ccccc32)c2ccccc2-6)cc1. The second kappa shape index (κ2) is 10.8. The lowest BCUT2D eigenvalue weighted by atomic mass is 9.36. The average molecular weight is 715 g/mol. The van der Waals surface area contributed by atoms with Crippen molar-refractivity contribution in [2.45, 2.75) is 5.41 Å². The Labute approximate surface area is 324 Å². The minimum Gasteiger partial charge on any atom is -0.311 e. The first-order valence-corrected chi connectivity index (χ1v) is 20.0. The number of hydrogen-bond acceptors (Lipinski definition) is 3. The van der Waals surface area contributed by atoms with Gasteiger partial charge in [0.1, 0.15) is 0 Å². The summed E-state index contributed by atoms with van der Waals surface area (Å²) in [5.41, 5.74) is 20.6. The lowest BCUT2D eigenvalue weighted by Crippen LogP contribution is -2.60. The summed E-state index contributed by atoms with van der Waals surface area (Å²) in [6, 6.07) is 70.4. The van der Waals surface area contributed by atoms with Crippen LogP contribution in [0.5, 0.6) is 0 Å². The summed E-state index contributed by atoms with van der Waals surface area (Å²) in [7, 11) is 0. The Morgan fingerprint density at radius 2 is 0.927 bits per heavy atom. The van der Waals surface area contributed by atoms with Gasteiger partial charge in [-0.2, -0.15) is 0 Å². The highest BCUT2D eigenvalue weighted by molar-refractivity contribution is 7.33. The van der Waals surface area contributed by atoms with Gasteiger partial charge >= 0.3 is 0 Å². The number of hydrogen-bond donors (Lipinski definition) is 0. The van der Waals surface area contributed by atoms with Crippen LogP contribution in [0.15, 0.2) is 188 Å². The second-order valence-electron chi connectivity index (χ2n) is 15.1. The van der Waals surface area contributed by atoms with Crippen molar-refractivity contribution in [3.63, 3.8) is 0 Å². The van der Waals surface area contributed by atoms with E-state index in [9.17, 15) is 0 Å². The van der Waals surface area contributed by atoms with Crippen LogP contribution in [-0.4, -0.2) is 6.71 Å². The van der Waals surface area contributed by atoms with E-state index >= 15 is 0 Å². The van der Waals surface area contributed by atoms with Gasteiger partial charge in [-0.1, -0.05) is 133 Å². The van der Waals surface area contributed by atoms with Crippen molar-refractivity contribution in [3.05, 3.63) is 210 Å². The van der Waals surface area contributed by atoms with Crippen LogP contribution in [0.3, 0.4) is 0 Å². The third-order valence-electron chi connectivity index (χ3n) is 12.6. The van der Waals surface area contributed by atoms with Crippen LogP contribution in [0, 0.1) is 0 Å². The van der Waals surface area contributed by atoms with Crippen molar-refractivity contribution in [1.29, 1.82) is 0 Å². The van der Waals surface area contributed by atoms with Gasteiger partial charge in [0.15, 0.2) is 0 Å². The lowest BCUT2D eigenvalue weighted by molar-refractivity contribution is 0.795. The summed E-state index contributed by atoms with van der Waals surface area (Å²) < 4.78 is 2.73. The fraction of sp³-hybridized carbons (Fsp3) is 0.0196. The molecule has 0 fully saturated rings. The zero-order valence-corrected chi connectivity index (χ0v) is 30.6. The molecule has 0 saturated carbocycles. The number of anilines is 6. The van der Waals surface area contributed by atoms with Crippen LogP contribution in [0.4, 0.5) is 34.1 Å². The highest BCUT2D eigenvalue weighted by atomic mass is 32.1. The molecule has 2 nitrogen and oxygen atoms in total. The van der Waals surface area contributed by atoms with E-state index in [1.807, 2.05) is 11.3 Å². The van der Waals surface area contributed by atoms with E-state index in [0.29, 0.717) is 0 Å². The van der Waals surface area contributed by atoms with Gasteiger partial charge in [0.2, 0.25) is 0 Å². The molecular formula is C51H31BN2S. The van der Waals surface area contributed by atoms with E-state index in [4.69, 9.17) is 0 Å². The van der Waals surface area contributed by atoms with Gasteiger partial charge < -0.3 is 9.80 Å². The monoisotopic (exact) mass is 714 g/mol. The van der Waals surface area contributed by atoms with Crippen molar-refractivity contribution >= 4 is 78.0 Å². The highest BCUT2D eigenvalue weighted by Gasteiger charge is 2.52. The molecule has 4 heteroatoms. The van der Waals surface area contributed by atoms with Crippen LogP contribution in [0.25, 0.3) is 32.3 Å². The first-order chi connectivity index (χ1) is 27.3. The van der Waals surface area contributed by atoms with Gasteiger partial charge in [0.25, 0.3) is 6.71 Å². The van der Waals surface area contributed by atoms with E-state index in [-0.39, 0.29) is 6.71 Å². The van der Waals surface area contributed by atoms with Gasteiger partial charge in [-0.25, -0.2) is 0 Å². The van der Waals surface area contributed by atoms with Crippen molar-refractivity contribution < 1.29 is 0 Å². The molecule has 0 saturated heterocycles. The molecule has 9 aromatic rings. The average Bonchev–Trinajstić information content (AvgIpc) is 3.87. The van der Waals surface area contributed by atoms with E-state index in [2.05, 4.69) is 198 Å². The fourth-order valence-electron chi connectivity index (χ4n) is 10.7. The molecule has 13 rings (SSSR count). The van der Waals surface area contributed by atoms with Crippen LogP contribution in [0.2, 0.25) is 0 Å². The molecule has 4 aliphatic rings. The molecule has 2 aliphatic carbocycles. The Bertz CT molecular complexity index is 3030. The van der Waals surface area contributed by atoms with Crippen LogP contribution in [0.1, 0.15) is 22.3 Å². The molecule has 254 valence electrons. The molecule has 1 spiro atoms. The van der Waals surface area contributed by atoms with E-state index < -0.39 is 5.41 Å². The zero-order valence-electron chi connectivity index (χ0n) is 29.8. The number of fused-ring (bicyclic) bond motifs is 16. The molecular weight excluding hydrogens is 683 g/mol. The van der Waals surface area contributed by atoms with Gasteiger partial charge in [-0.15, -0.1) is 11.3 Å². The standard InChI is InChI=1S/C51H31BN2S/c1-3-16-32(17-4-1)53-44-27-14-13-26-43(44)52-48-45(53)28-15-29-46(48)54(33-18-5-2-6-19-33)49-38-30-42-37(31-47(38)55-50(49)52)36-22-9-12-25-41(36)51(42)39-23-10-7-20-34(39)35-21-8-11-24-40(35)51/h1-31H. The van der Waals surface area contributed by atoms with Crippen molar-refractivity contribution in [2.75, 3.05) is 9.80 Å². The Morgan fingerprint density at radius 3 is 1.58 bits per heavy atom. The molecule has 0 radical (unpaired) electrons. The predicted octanol–water partition coefficient (Wildman–Crippen LogP) is 11.3. The normalized spacial score (nSPS) is 14.6. The topological polar surface area (TPSA) is 6.48 Å². The maximum atomic E-state index is 2.59. The summed E-state index contributed by atoms with van der Waals surface area (Å²) in [4.78, 5) is 5.04. The number of nitrogens with zero attached hydrogens (tertiary/aromatic N) is 2. The van der Waals surface area contributed by atoms with Gasteiger partial charge in [0.05, 0.1) is 11.1 Å². The Kier molecular flexibility index (Phi) is 5.82. The maximum absolute atomic E-state index is 2.59. The third-order valence-corrected chi connectivity index (χ3v) is 13.8. The van der Waals surface area contributed by atoms with E-state index in [1.54, 1.807) is 0 Å². The first-order valence-electron chi connectivity index (χ1n) is 19.1. The van der Waals surface area contributed by atoms with Gasteiger partial charge in [-0.3, -0.25) is 0 Å². The first kappa shape index (κ1) is 29.8. The molecule has 1 aromatic heterocycles. The number of benzene rings is 8. The predicted molar refractivity (Wildman–Crippen MR) is 232 cm³/mol. The molecule has 0 unspecified atom stereocenters. The van der Waals surface area contributed by atoms with Gasteiger partial charge in [0, 0.05) is 43.3 Å². The summed E-state index contributed by atoms with van der Waals surface area (Å²) in [5.74, 6) is 0. The minimum absolute atomic E-state index is 0.0961. The van der Waals surface area contributed by atoms with Gasteiger partial charge in [-0.05, 0) is 110 Å². The number of rotatable bonds is 2. The summed E-state index contributed by atoms with van der Waals surface area (Å²) in [5, 5.41) is 1.32. The van der Waals surface area contributed by atoms with E-state index in [0.717, 1.165) is 0 Å². The Morgan fingerprint density at radius 1 is 0.418 bits per heavy atom. The number of thiophene rings is 1. The third kappa shape index (κ3) is 3.66. The molecule has 0 N–H and O–H groups in total. The van der Waals surface area contributed by atoms with Crippen molar-refractivity contribution in [1.82, 2.24) is 0 Å². The summed E-state index contributed by atoms with van der Waals surface area (Å²) >= 11 is 1.98. The highest BCUT2D eigenvalue weighted by Crippen LogP contribution is 2.64. The van der Waals surface area contributed by atoms with Crippen LogP contribution < -0.4 is 25.5 Å².